The van der Waals surface area contributed by atoms with Gasteiger partial charge < -0.3 is 9.88 Å². The highest BCUT2D eigenvalue weighted by atomic mass is 32.2. The molecule has 34 heavy (non-hydrogen) atoms. The summed E-state index contributed by atoms with van der Waals surface area (Å²) < 4.78 is 28.5. The topological polar surface area (TPSA) is 105 Å². The van der Waals surface area contributed by atoms with Crippen LogP contribution in [0.2, 0.25) is 0 Å². The second kappa shape index (κ2) is 9.57. The van der Waals surface area contributed by atoms with E-state index in [4.69, 9.17) is 0 Å². The molecule has 4 rings (SSSR count). The molecule has 0 bridgehead atoms. The van der Waals surface area contributed by atoms with Crippen molar-refractivity contribution in [2.75, 3.05) is 30.7 Å². The van der Waals surface area contributed by atoms with Crippen LogP contribution in [-0.2, 0) is 28.4 Å². The zero-order valence-electron chi connectivity index (χ0n) is 19.7. The Morgan fingerprint density at radius 2 is 2.06 bits per heavy atom. The van der Waals surface area contributed by atoms with Crippen LogP contribution < -0.4 is 10.9 Å². The molecule has 0 radical (unpaired) electrons. The van der Waals surface area contributed by atoms with Gasteiger partial charge in [-0.1, -0.05) is 0 Å². The summed E-state index contributed by atoms with van der Waals surface area (Å²) in [5, 5.41) is 3.35. The molecular weight excluding hydrogens is 474 g/mol. The van der Waals surface area contributed by atoms with Crippen LogP contribution >= 0.6 is 11.3 Å². The first-order valence-corrected chi connectivity index (χ1v) is 13.6. The number of amides is 1. The quantitative estimate of drug-likeness (QED) is 0.554. The van der Waals surface area contributed by atoms with Crippen LogP contribution in [0.15, 0.2) is 35.4 Å². The molecule has 3 aromatic rings. The van der Waals surface area contributed by atoms with Gasteiger partial charge in [0, 0.05) is 73.7 Å². The number of fused-ring (bicyclic) bond motifs is 1. The molecule has 3 aromatic heterocycles. The number of aryl methyl sites for hydroxylation is 1. The molecular formula is C23H29N5O4S2. The van der Waals surface area contributed by atoms with Crippen molar-refractivity contribution in [3.8, 4) is 11.1 Å². The second-order valence-corrected chi connectivity index (χ2v) is 12.0. The van der Waals surface area contributed by atoms with E-state index in [1.165, 1.54) is 6.92 Å². The van der Waals surface area contributed by atoms with Crippen molar-refractivity contribution in [1.29, 1.82) is 0 Å². The summed E-state index contributed by atoms with van der Waals surface area (Å²) in [5.41, 5.74) is 1.69. The van der Waals surface area contributed by atoms with Gasteiger partial charge in [0.1, 0.15) is 5.82 Å². The minimum Gasteiger partial charge on any atom is -0.317 e. The van der Waals surface area contributed by atoms with Crippen molar-refractivity contribution in [1.82, 2.24) is 18.8 Å². The zero-order valence-corrected chi connectivity index (χ0v) is 21.4. The molecule has 1 saturated heterocycles. The number of anilines is 1. The van der Waals surface area contributed by atoms with Crippen LogP contribution in [0.1, 0.15) is 25.6 Å². The lowest BCUT2D eigenvalue weighted by molar-refractivity contribution is -0.114. The zero-order chi connectivity index (χ0) is 24.6. The molecule has 0 spiro atoms. The van der Waals surface area contributed by atoms with Crippen LogP contribution in [0, 0.1) is 0 Å². The monoisotopic (exact) mass is 503 g/mol. The smallest absolute Gasteiger partial charge is 0.259 e. The van der Waals surface area contributed by atoms with Crippen molar-refractivity contribution in [3.63, 3.8) is 0 Å². The summed E-state index contributed by atoms with van der Waals surface area (Å²) in [6.07, 6.45) is 3.45. The van der Waals surface area contributed by atoms with E-state index in [0.29, 0.717) is 37.4 Å². The Kier molecular flexibility index (Phi) is 6.90. The SMILES string of the molecule is CCS(=O)(=O)N1CCN(Cc2cc3c(=O)n(C)cc(-c4ccnc(NC(C)=O)c4)c3s2)[C@H](C)C1. The molecule has 0 saturated carbocycles. The standard InChI is InChI=1S/C23H29N5O4S2/c1-5-34(31,32)28-9-8-27(15(2)12-28)13-18-11-19-22(33-18)20(14-26(4)23(19)30)17-6-7-24-21(10-17)25-16(3)29/h6-7,10-11,14-15H,5,8-9,12-13H2,1-4H3,(H,24,25,29)/t15-/m1/s1. The number of carbonyl (C=O) groups excluding carboxylic acids is 1. The van der Waals surface area contributed by atoms with Gasteiger partial charge in [-0.15, -0.1) is 11.3 Å². The van der Waals surface area contributed by atoms with Crippen LogP contribution in [0.3, 0.4) is 0 Å². The molecule has 1 amide bonds. The third kappa shape index (κ3) is 4.92. The lowest BCUT2D eigenvalue weighted by Crippen LogP contribution is -2.53. The van der Waals surface area contributed by atoms with Gasteiger partial charge in [-0.2, -0.15) is 4.31 Å². The highest BCUT2D eigenvalue weighted by Gasteiger charge is 2.30. The number of nitrogens with zero attached hydrogens (tertiary/aromatic N) is 4. The number of thiophene rings is 1. The van der Waals surface area contributed by atoms with Gasteiger partial charge >= 0.3 is 0 Å². The third-order valence-electron chi connectivity index (χ3n) is 6.12. The van der Waals surface area contributed by atoms with Gasteiger partial charge in [0.2, 0.25) is 15.9 Å². The average molecular weight is 504 g/mol. The van der Waals surface area contributed by atoms with Gasteiger partial charge in [0.25, 0.3) is 5.56 Å². The van der Waals surface area contributed by atoms with E-state index in [1.807, 2.05) is 25.3 Å². The summed E-state index contributed by atoms with van der Waals surface area (Å²) in [6.45, 7) is 7.38. The Bertz CT molecular complexity index is 1400. The van der Waals surface area contributed by atoms with E-state index in [9.17, 15) is 18.0 Å². The molecule has 0 aromatic carbocycles. The molecule has 4 heterocycles. The molecule has 9 nitrogen and oxygen atoms in total. The van der Waals surface area contributed by atoms with Crippen LogP contribution in [0.4, 0.5) is 5.82 Å². The molecule has 0 aliphatic carbocycles. The second-order valence-electron chi connectivity index (χ2n) is 8.60. The maximum absolute atomic E-state index is 12.9. The summed E-state index contributed by atoms with van der Waals surface area (Å²) in [6, 6.07) is 5.68. The first-order chi connectivity index (χ1) is 16.1. The summed E-state index contributed by atoms with van der Waals surface area (Å²) in [7, 11) is -1.46. The number of hydrogen-bond donors (Lipinski definition) is 1. The number of hydrogen-bond acceptors (Lipinski definition) is 7. The van der Waals surface area contributed by atoms with E-state index < -0.39 is 10.0 Å². The van der Waals surface area contributed by atoms with Gasteiger partial charge in [0.05, 0.1) is 11.1 Å². The van der Waals surface area contributed by atoms with Crippen LogP contribution in [-0.4, -0.2) is 64.5 Å². The van der Waals surface area contributed by atoms with Crippen molar-refractivity contribution in [3.05, 3.63) is 45.8 Å². The molecule has 1 aliphatic rings. The van der Waals surface area contributed by atoms with Crippen molar-refractivity contribution >= 4 is 43.2 Å². The number of nitrogens with one attached hydrogen (secondary N) is 1. The van der Waals surface area contributed by atoms with Gasteiger partial charge in [0.15, 0.2) is 0 Å². The largest absolute Gasteiger partial charge is 0.317 e. The van der Waals surface area contributed by atoms with Crippen molar-refractivity contribution in [2.24, 2.45) is 7.05 Å². The maximum Gasteiger partial charge on any atom is 0.259 e. The van der Waals surface area contributed by atoms with E-state index in [0.717, 1.165) is 20.7 Å². The molecule has 1 fully saturated rings. The fourth-order valence-corrected chi connectivity index (χ4v) is 6.64. The highest BCUT2D eigenvalue weighted by Crippen LogP contribution is 2.34. The van der Waals surface area contributed by atoms with Gasteiger partial charge in [-0.05, 0) is 37.6 Å². The van der Waals surface area contributed by atoms with Gasteiger partial charge in [-0.3, -0.25) is 14.5 Å². The number of aromatic nitrogens is 2. The highest BCUT2D eigenvalue weighted by molar-refractivity contribution is 7.89. The molecule has 182 valence electrons. The lowest BCUT2D eigenvalue weighted by Gasteiger charge is -2.38. The molecule has 0 unspecified atom stereocenters. The van der Waals surface area contributed by atoms with Crippen molar-refractivity contribution in [2.45, 2.75) is 33.4 Å². The van der Waals surface area contributed by atoms with Crippen LogP contribution in [0.25, 0.3) is 21.2 Å². The number of sulfonamides is 1. The Balaban J connectivity index is 1.65. The summed E-state index contributed by atoms with van der Waals surface area (Å²) in [5.74, 6) is 0.368. The van der Waals surface area contributed by atoms with E-state index in [2.05, 4.69) is 15.2 Å². The fourth-order valence-electron chi connectivity index (χ4n) is 4.26. The Hall–Kier alpha value is -2.60. The predicted molar refractivity (Wildman–Crippen MR) is 136 cm³/mol. The lowest BCUT2D eigenvalue weighted by atomic mass is 10.1. The number of carbonyl (C=O) groups is 1. The van der Waals surface area contributed by atoms with E-state index >= 15 is 0 Å². The van der Waals surface area contributed by atoms with Gasteiger partial charge in [-0.25, -0.2) is 13.4 Å². The Morgan fingerprint density at radius 1 is 1.29 bits per heavy atom. The molecule has 1 atom stereocenters. The summed E-state index contributed by atoms with van der Waals surface area (Å²) in [4.78, 5) is 31.8. The van der Waals surface area contributed by atoms with Crippen LogP contribution in [0.5, 0.6) is 0 Å². The van der Waals surface area contributed by atoms with E-state index in [-0.39, 0.29) is 23.3 Å². The normalized spacial score (nSPS) is 17.8. The first kappa shape index (κ1) is 24.5. The number of pyridine rings is 2. The molecule has 11 heteroatoms. The maximum atomic E-state index is 12.9. The molecule has 1 aliphatic heterocycles. The number of piperazine rings is 1. The fraction of sp³-hybridized carbons (Fsp3) is 0.435. The summed E-state index contributed by atoms with van der Waals surface area (Å²) >= 11 is 1.57. The molecule has 1 N–H and O–H groups in total. The average Bonchev–Trinajstić information content (AvgIpc) is 3.21. The minimum absolute atomic E-state index is 0.0655. The van der Waals surface area contributed by atoms with E-state index in [1.54, 1.807) is 46.4 Å². The minimum atomic E-state index is -3.19. The first-order valence-electron chi connectivity index (χ1n) is 11.2. The Labute approximate surface area is 203 Å². The predicted octanol–water partition coefficient (Wildman–Crippen LogP) is 2.48. The number of rotatable bonds is 6. The van der Waals surface area contributed by atoms with Crippen molar-refractivity contribution < 1.29 is 13.2 Å². The third-order valence-corrected chi connectivity index (χ3v) is 9.12. The Morgan fingerprint density at radius 3 is 2.74 bits per heavy atom.